The maximum Gasteiger partial charge on any atom is 0.242 e. The third-order valence-electron chi connectivity index (χ3n) is 6.22. The topological polar surface area (TPSA) is 40.6 Å². The van der Waals surface area contributed by atoms with Crippen LogP contribution in [0.3, 0.4) is 0 Å². The summed E-state index contributed by atoms with van der Waals surface area (Å²) in [4.78, 5) is 29.6. The Kier molecular flexibility index (Phi) is 4.78. The molecule has 2 heterocycles. The minimum atomic E-state index is 0.0451. The fourth-order valence-electron chi connectivity index (χ4n) is 4.80. The summed E-state index contributed by atoms with van der Waals surface area (Å²) in [5, 5.41) is 0. The van der Waals surface area contributed by atoms with Gasteiger partial charge in [-0.2, -0.15) is 0 Å². The summed E-state index contributed by atoms with van der Waals surface area (Å²) in [6.45, 7) is 1.72. The second kappa shape index (κ2) is 7.19. The second-order valence-electron chi connectivity index (χ2n) is 7.81. The van der Waals surface area contributed by atoms with Gasteiger partial charge in [0.1, 0.15) is 0 Å². The van der Waals surface area contributed by atoms with E-state index in [1.54, 1.807) is 0 Å². The van der Waals surface area contributed by atoms with Crippen LogP contribution in [-0.2, 0) is 16.0 Å². The third kappa shape index (κ3) is 3.31. The molecular formula is C21H28N2O2. The minimum Gasteiger partial charge on any atom is -0.332 e. The minimum absolute atomic E-state index is 0.0451. The number of benzene rings is 1. The molecule has 25 heavy (non-hydrogen) atoms. The first-order valence-electron chi connectivity index (χ1n) is 9.90. The van der Waals surface area contributed by atoms with Gasteiger partial charge in [-0.3, -0.25) is 9.59 Å². The molecule has 1 aromatic carbocycles. The molecule has 1 aliphatic carbocycles. The van der Waals surface area contributed by atoms with E-state index in [-0.39, 0.29) is 30.3 Å². The van der Waals surface area contributed by atoms with Crippen molar-refractivity contribution in [3.8, 4) is 0 Å². The number of fused-ring (bicyclic) bond motifs is 3. The molecule has 0 radical (unpaired) electrons. The van der Waals surface area contributed by atoms with Crippen molar-refractivity contribution in [3.63, 3.8) is 0 Å². The van der Waals surface area contributed by atoms with Crippen molar-refractivity contribution in [2.75, 3.05) is 19.6 Å². The van der Waals surface area contributed by atoms with Gasteiger partial charge >= 0.3 is 0 Å². The summed E-state index contributed by atoms with van der Waals surface area (Å²) in [5.41, 5.74) is 2.56. The molecule has 0 bridgehead atoms. The summed E-state index contributed by atoms with van der Waals surface area (Å²) in [6.07, 6.45) is 9.00. The average molecular weight is 340 g/mol. The van der Waals surface area contributed by atoms with Gasteiger partial charge in [-0.05, 0) is 30.4 Å². The first kappa shape index (κ1) is 16.6. The summed E-state index contributed by atoms with van der Waals surface area (Å²) >= 11 is 0. The molecule has 1 atom stereocenters. The van der Waals surface area contributed by atoms with Crippen LogP contribution in [-0.4, -0.2) is 41.2 Å². The van der Waals surface area contributed by atoms with E-state index in [1.807, 2.05) is 15.9 Å². The average Bonchev–Trinajstić information content (AvgIpc) is 2.60. The Morgan fingerprint density at radius 2 is 1.72 bits per heavy atom. The maximum absolute atomic E-state index is 13.1. The number of hydrogen-bond acceptors (Lipinski definition) is 2. The van der Waals surface area contributed by atoms with Gasteiger partial charge in [-0.1, -0.05) is 56.4 Å². The highest BCUT2D eigenvalue weighted by Crippen LogP contribution is 2.34. The summed E-state index contributed by atoms with van der Waals surface area (Å²) in [6, 6.07) is 8.44. The maximum atomic E-state index is 13.1. The van der Waals surface area contributed by atoms with Gasteiger partial charge in [0.15, 0.2) is 0 Å². The summed E-state index contributed by atoms with van der Waals surface area (Å²) < 4.78 is 0. The first-order chi connectivity index (χ1) is 12.2. The number of amides is 2. The Labute approximate surface area is 150 Å². The van der Waals surface area contributed by atoms with E-state index in [1.165, 1.54) is 30.4 Å². The van der Waals surface area contributed by atoms with Crippen molar-refractivity contribution >= 4 is 11.8 Å². The van der Waals surface area contributed by atoms with Crippen molar-refractivity contribution in [3.05, 3.63) is 35.4 Å². The van der Waals surface area contributed by atoms with Crippen LogP contribution in [0.5, 0.6) is 0 Å². The van der Waals surface area contributed by atoms with Crippen LogP contribution in [0, 0.1) is 5.92 Å². The molecular weight excluding hydrogens is 312 g/mol. The zero-order chi connectivity index (χ0) is 17.2. The largest absolute Gasteiger partial charge is 0.332 e. The predicted octanol–water partition coefficient (Wildman–Crippen LogP) is 3.32. The van der Waals surface area contributed by atoms with E-state index in [9.17, 15) is 9.59 Å². The lowest BCUT2D eigenvalue weighted by atomic mass is 9.88. The third-order valence-corrected chi connectivity index (χ3v) is 6.22. The molecule has 3 aliphatic rings. The van der Waals surface area contributed by atoms with Crippen molar-refractivity contribution < 1.29 is 9.59 Å². The number of rotatable bonds is 1. The van der Waals surface area contributed by atoms with Gasteiger partial charge < -0.3 is 9.80 Å². The highest BCUT2D eigenvalue weighted by atomic mass is 16.2. The molecule has 0 spiro atoms. The van der Waals surface area contributed by atoms with Crippen molar-refractivity contribution in [1.82, 2.24) is 9.80 Å². The lowest BCUT2D eigenvalue weighted by molar-refractivity contribution is -0.151. The quantitative estimate of drug-likeness (QED) is 0.787. The lowest BCUT2D eigenvalue weighted by Gasteiger charge is -2.45. The van der Waals surface area contributed by atoms with Gasteiger partial charge in [0.25, 0.3) is 0 Å². The molecule has 4 rings (SSSR count). The molecule has 1 unspecified atom stereocenters. The Morgan fingerprint density at radius 1 is 1.00 bits per heavy atom. The molecule has 4 heteroatoms. The Balaban J connectivity index is 1.52. The summed E-state index contributed by atoms with van der Waals surface area (Å²) in [5.74, 6) is 0.460. The Morgan fingerprint density at radius 3 is 2.52 bits per heavy atom. The van der Waals surface area contributed by atoms with E-state index in [0.717, 1.165) is 38.6 Å². The van der Waals surface area contributed by atoms with Gasteiger partial charge in [-0.15, -0.1) is 0 Å². The van der Waals surface area contributed by atoms with Crippen LogP contribution in [0.4, 0.5) is 0 Å². The molecule has 2 amide bonds. The molecule has 0 aromatic heterocycles. The number of nitrogens with zero attached hydrogens (tertiary/aromatic N) is 2. The second-order valence-corrected chi connectivity index (χ2v) is 7.81. The highest BCUT2D eigenvalue weighted by molar-refractivity contribution is 5.87. The Bertz CT molecular complexity index is 649. The number of carbonyl (C=O) groups excluding carboxylic acids is 2. The molecule has 2 aliphatic heterocycles. The standard InChI is InChI=1S/C21H28N2O2/c24-20-15-22(21(25)17-9-4-2-1-3-5-10-17)14-19-18-11-7-6-8-16(18)12-13-23(19)20/h6-8,11,17,19H,1-5,9-10,12-15H2. The lowest BCUT2D eigenvalue weighted by Crippen LogP contribution is -2.56. The monoisotopic (exact) mass is 340 g/mol. The number of hydrogen-bond donors (Lipinski definition) is 0. The predicted molar refractivity (Wildman–Crippen MR) is 97.0 cm³/mol. The van der Waals surface area contributed by atoms with E-state index >= 15 is 0 Å². The molecule has 134 valence electrons. The number of carbonyl (C=O) groups is 2. The van der Waals surface area contributed by atoms with Crippen LogP contribution in [0.1, 0.15) is 62.1 Å². The molecule has 1 saturated carbocycles. The van der Waals surface area contributed by atoms with Crippen LogP contribution < -0.4 is 0 Å². The zero-order valence-corrected chi connectivity index (χ0v) is 15.0. The smallest absolute Gasteiger partial charge is 0.242 e. The molecule has 1 saturated heterocycles. The SMILES string of the molecule is O=C(C1CCCCCCC1)N1CC(=O)N2CCc3ccccc3C2C1. The van der Waals surface area contributed by atoms with E-state index in [4.69, 9.17) is 0 Å². The first-order valence-corrected chi connectivity index (χ1v) is 9.90. The summed E-state index contributed by atoms with van der Waals surface area (Å²) in [7, 11) is 0. The van der Waals surface area contributed by atoms with Crippen molar-refractivity contribution in [2.45, 2.75) is 57.4 Å². The van der Waals surface area contributed by atoms with E-state index < -0.39 is 0 Å². The Hall–Kier alpha value is -1.84. The van der Waals surface area contributed by atoms with Gasteiger partial charge in [0.2, 0.25) is 11.8 Å². The van der Waals surface area contributed by atoms with Gasteiger partial charge in [0, 0.05) is 19.0 Å². The fourth-order valence-corrected chi connectivity index (χ4v) is 4.80. The van der Waals surface area contributed by atoms with Gasteiger partial charge in [-0.25, -0.2) is 0 Å². The highest BCUT2D eigenvalue weighted by Gasteiger charge is 2.39. The van der Waals surface area contributed by atoms with Crippen LogP contribution >= 0.6 is 0 Å². The molecule has 0 N–H and O–H groups in total. The van der Waals surface area contributed by atoms with Crippen LogP contribution in [0.15, 0.2) is 24.3 Å². The normalized spacial score (nSPS) is 25.0. The van der Waals surface area contributed by atoms with Gasteiger partial charge in [0.05, 0.1) is 12.6 Å². The molecule has 4 nitrogen and oxygen atoms in total. The van der Waals surface area contributed by atoms with Crippen LogP contribution in [0.25, 0.3) is 0 Å². The van der Waals surface area contributed by atoms with Crippen molar-refractivity contribution in [1.29, 1.82) is 0 Å². The fraction of sp³-hybridized carbons (Fsp3) is 0.619. The van der Waals surface area contributed by atoms with Crippen LogP contribution in [0.2, 0.25) is 0 Å². The van der Waals surface area contributed by atoms with Crippen molar-refractivity contribution in [2.24, 2.45) is 5.92 Å². The molecule has 1 aromatic rings. The van der Waals surface area contributed by atoms with E-state index in [2.05, 4.69) is 18.2 Å². The number of piperazine rings is 1. The zero-order valence-electron chi connectivity index (χ0n) is 15.0. The molecule has 2 fully saturated rings. The van der Waals surface area contributed by atoms with E-state index in [0.29, 0.717) is 6.54 Å².